The zero-order chi connectivity index (χ0) is 35.7. The van der Waals surface area contributed by atoms with Crippen LogP contribution in [0.3, 0.4) is 0 Å². The number of hydrogen-bond donors (Lipinski definition) is 2. The number of rotatable bonds is 15. The molecule has 9 heteroatoms. The van der Waals surface area contributed by atoms with Gasteiger partial charge in [0.05, 0.1) is 45.1 Å². The zero-order valence-corrected chi connectivity index (χ0v) is 29.2. The summed E-state index contributed by atoms with van der Waals surface area (Å²) in [5.74, 6) is 0.856. The molecule has 5 aromatic rings. The number of nitrogens with two attached hydrogens (primary N) is 1. The van der Waals surface area contributed by atoms with E-state index >= 15 is 0 Å². The molecule has 0 radical (unpaired) electrons. The maximum atomic E-state index is 14.1. The van der Waals surface area contributed by atoms with Crippen molar-refractivity contribution < 1.29 is 24.1 Å². The van der Waals surface area contributed by atoms with Gasteiger partial charge in [-0.05, 0) is 73.6 Å². The van der Waals surface area contributed by atoms with E-state index in [0.29, 0.717) is 43.6 Å². The summed E-state index contributed by atoms with van der Waals surface area (Å²) in [7, 11) is 3.23. The number of amides is 1. The van der Waals surface area contributed by atoms with Crippen LogP contribution in [0.15, 0.2) is 128 Å². The molecule has 2 aromatic heterocycles. The average molecular weight is 687 g/mol. The molecule has 9 nitrogen and oxygen atoms in total. The number of ether oxygens (including phenoxy) is 3. The van der Waals surface area contributed by atoms with Gasteiger partial charge in [-0.1, -0.05) is 84.9 Å². The van der Waals surface area contributed by atoms with Crippen molar-refractivity contribution in [3.63, 3.8) is 0 Å². The van der Waals surface area contributed by atoms with Gasteiger partial charge in [0, 0.05) is 29.3 Å². The number of pyridine rings is 2. The van der Waals surface area contributed by atoms with E-state index in [0.717, 1.165) is 28.1 Å². The van der Waals surface area contributed by atoms with Crippen LogP contribution in [-0.2, 0) is 28.0 Å². The van der Waals surface area contributed by atoms with E-state index in [1.54, 1.807) is 26.6 Å². The van der Waals surface area contributed by atoms with Crippen molar-refractivity contribution in [1.82, 2.24) is 14.9 Å². The van der Waals surface area contributed by atoms with Crippen molar-refractivity contribution in [2.24, 2.45) is 5.73 Å². The third-order valence-electron chi connectivity index (χ3n) is 10.1. The molecule has 1 amide bonds. The number of aromatic nitrogens is 2. The van der Waals surface area contributed by atoms with Crippen LogP contribution >= 0.6 is 0 Å². The molecule has 3 heterocycles. The standard InChI is InChI=1S/C42H46N4O5/c1-49-37-21-13-20-36(40(37)50-2)42(31-14-5-3-6-15-31,32-16-7-4-8-17-32)51-30-35-28-38(47)41(46(35)39(48)29-43,24-22-33-18-9-11-26-44-33)25-23-34-19-10-12-27-45-34/h3-21,26-27,35,38,47H,22-25,28-30,43H2,1-2H3. The van der Waals surface area contributed by atoms with E-state index in [9.17, 15) is 9.90 Å². The van der Waals surface area contributed by atoms with Crippen LogP contribution in [-0.4, -0.2) is 70.9 Å². The lowest BCUT2D eigenvalue weighted by atomic mass is 9.79. The number of carbonyl (C=O) groups is 1. The maximum absolute atomic E-state index is 14.1. The van der Waals surface area contributed by atoms with Crippen molar-refractivity contribution in [3.05, 3.63) is 156 Å². The minimum absolute atomic E-state index is 0.0991. The summed E-state index contributed by atoms with van der Waals surface area (Å²) in [4.78, 5) is 25.0. The third-order valence-corrected chi connectivity index (χ3v) is 10.1. The summed E-state index contributed by atoms with van der Waals surface area (Å²) in [5, 5.41) is 12.1. The molecule has 1 saturated heterocycles. The van der Waals surface area contributed by atoms with Gasteiger partial charge >= 0.3 is 0 Å². The molecular weight excluding hydrogens is 640 g/mol. The van der Waals surface area contributed by atoms with Gasteiger partial charge in [0.1, 0.15) is 5.60 Å². The maximum Gasteiger partial charge on any atom is 0.237 e. The highest BCUT2D eigenvalue weighted by Crippen LogP contribution is 2.49. The van der Waals surface area contributed by atoms with Gasteiger partial charge in [-0.2, -0.15) is 0 Å². The Morgan fingerprint density at radius 1 is 0.804 bits per heavy atom. The number of aliphatic hydroxyl groups excluding tert-OH is 1. The van der Waals surface area contributed by atoms with Gasteiger partial charge in [-0.3, -0.25) is 14.8 Å². The fourth-order valence-corrected chi connectivity index (χ4v) is 7.73. The van der Waals surface area contributed by atoms with Gasteiger partial charge in [-0.15, -0.1) is 0 Å². The Labute approximate surface area is 300 Å². The predicted molar refractivity (Wildman–Crippen MR) is 196 cm³/mol. The normalized spacial score (nSPS) is 16.9. The predicted octanol–water partition coefficient (Wildman–Crippen LogP) is 5.73. The second-order valence-electron chi connectivity index (χ2n) is 12.9. The second kappa shape index (κ2) is 16.3. The van der Waals surface area contributed by atoms with Crippen LogP contribution in [0.25, 0.3) is 0 Å². The first-order valence-electron chi connectivity index (χ1n) is 17.4. The van der Waals surface area contributed by atoms with Crippen LogP contribution < -0.4 is 15.2 Å². The molecule has 2 atom stereocenters. The molecule has 264 valence electrons. The van der Waals surface area contributed by atoms with Crippen LogP contribution in [0.4, 0.5) is 0 Å². The number of carbonyl (C=O) groups excluding carboxylic acids is 1. The van der Waals surface area contributed by atoms with Crippen molar-refractivity contribution >= 4 is 5.91 Å². The summed E-state index contributed by atoms with van der Waals surface area (Å²) in [6, 6.07) is 36.8. The number of para-hydroxylation sites is 1. The lowest BCUT2D eigenvalue weighted by Gasteiger charge is -2.44. The second-order valence-corrected chi connectivity index (χ2v) is 12.9. The smallest absolute Gasteiger partial charge is 0.237 e. The summed E-state index contributed by atoms with van der Waals surface area (Å²) in [5.41, 5.74) is 8.29. The third kappa shape index (κ3) is 7.23. The highest BCUT2D eigenvalue weighted by molar-refractivity contribution is 5.80. The van der Waals surface area contributed by atoms with Crippen LogP contribution in [0, 0.1) is 0 Å². The van der Waals surface area contributed by atoms with Gasteiger partial charge in [0.15, 0.2) is 11.5 Å². The monoisotopic (exact) mass is 686 g/mol. The van der Waals surface area contributed by atoms with Gasteiger partial charge < -0.3 is 30.0 Å². The van der Waals surface area contributed by atoms with Crippen LogP contribution in [0.5, 0.6) is 11.5 Å². The Morgan fingerprint density at radius 3 is 1.86 bits per heavy atom. The molecule has 0 saturated carbocycles. The fourth-order valence-electron chi connectivity index (χ4n) is 7.73. The van der Waals surface area contributed by atoms with Crippen LogP contribution in [0.1, 0.15) is 47.3 Å². The van der Waals surface area contributed by atoms with E-state index in [2.05, 4.69) is 9.97 Å². The first-order valence-corrected chi connectivity index (χ1v) is 17.4. The SMILES string of the molecule is COc1cccc(C(OCC2CC(O)C(CCc3ccccn3)(CCc3ccccn3)N2C(=O)CN)(c2ccccc2)c2ccccc2)c1OC. The molecule has 51 heavy (non-hydrogen) atoms. The molecule has 6 rings (SSSR count). The number of hydrogen-bond acceptors (Lipinski definition) is 8. The van der Waals surface area contributed by atoms with Gasteiger partial charge in [-0.25, -0.2) is 0 Å². The Kier molecular flexibility index (Phi) is 11.4. The Balaban J connectivity index is 1.45. The van der Waals surface area contributed by atoms with E-state index in [1.807, 2.05) is 120 Å². The number of aryl methyl sites for hydroxylation is 2. The minimum Gasteiger partial charge on any atom is -0.493 e. The molecule has 0 aliphatic carbocycles. The fraction of sp³-hybridized carbons (Fsp3) is 0.310. The Morgan fingerprint density at radius 2 is 1.37 bits per heavy atom. The molecule has 3 aromatic carbocycles. The number of aliphatic hydroxyl groups is 1. The summed E-state index contributed by atoms with van der Waals surface area (Å²) >= 11 is 0. The molecule has 0 spiro atoms. The first kappa shape index (κ1) is 35.7. The largest absolute Gasteiger partial charge is 0.493 e. The van der Waals surface area contributed by atoms with E-state index < -0.39 is 23.3 Å². The average Bonchev–Trinajstić information content (AvgIpc) is 3.47. The molecule has 3 N–H and O–H groups in total. The van der Waals surface area contributed by atoms with Crippen molar-refractivity contribution in [2.75, 3.05) is 27.4 Å². The molecular formula is C42H46N4O5. The molecule has 1 fully saturated rings. The number of likely N-dealkylation sites (tertiary alicyclic amines) is 1. The summed E-state index contributed by atoms with van der Waals surface area (Å²) in [6.07, 6.45) is 5.12. The molecule has 0 bridgehead atoms. The quantitative estimate of drug-likeness (QED) is 0.134. The minimum atomic E-state index is -1.18. The van der Waals surface area contributed by atoms with E-state index in [-0.39, 0.29) is 19.1 Å². The highest BCUT2D eigenvalue weighted by atomic mass is 16.5. The number of benzene rings is 3. The lowest BCUT2D eigenvalue weighted by Crippen LogP contribution is -2.58. The molecule has 1 aliphatic rings. The zero-order valence-electron chi connectivity index (χ0n) is 29.2. The number of nitrogens with zero attached hydrogens (tertiary/aromatic N) is 3. The van der Waals surface area contributed by atoms with Crippen molar-refractivity contribution in [2.45, 2.75) is 55.4 Å². The topological polar surface area (TPSA) is 120 Å². The number of methoxy groups -OCH3 is 2. The van der Waals surface area contributed by atoms with Crippen LogP contribution in [0.2, 0.25) is 0 Å². The van der Waals surface area contributed by atoms with Gasteiger partial charge in [0.25, 0.3) is 0 Å². The van der Waals surface area contributed by atoms with E-state index in [4.69, 9.17) is 19.9 Å². The lowest BCUT2D eigenvalue weighted by molar-refractivity contribution is -0.142. The Hall–Kier alpha value is -5.09. The summed E-state index contributed by atoms with van der Waals surface area (Å²) in [6.45, 7) is -0.105. The molecule has 2 unspecified atom stereocenters. The van der Waals surface area contributed by atoms with E-state index in [1.165, 1.54) is 0 Å². The highest BCUT2D eigenvalue weighted by Gasteiger charge is 2.55. The summed E-state index contributed by atoms with van der Waals surface area (Å²) < 4.78 is 19.1. The molecule has 1 aliphatic heterocycles. The Bertz CT molecular complexity index is 1760. The van der Waals surface area contributed by atoms with Crippen molar-refractivity contribution in [3.8, 4) is 11.5 Å². The van der Waals surface area contributed by atoms with Gasteiger partial charge in [0.2, 0.25) is 5.91 Å². The first-order chi connectivity index (χ1) is 25.0. The van der Waals surface area contributed by atoms with Crippen molar-refractivity contribution in [1.29, 1.82) is 0 Å².